The van der Waals surface area contributed by atoms with E-state index in [0.717, 1.165) is 6.29 Å². The Bertz CT molecular complexity index is 184. The van der Waals surface area contributed by atoms with Gasteiger partial charge in [0.15, 0.2) is 5.88 Å². The number of nitrogens with one attached hydrogen (secondary N) is 1. The Morgan fingerprint density at radius 1 is 1.80 bits per heavy atom. The first kappa shape index (κ1) is 6.86. The van der Waals surface area contributed by atoms with E-state index in [-0.39, 0.29) is 6.04 Å². The molecule has 0 saturated carbocycles. The van der Waals surface area contributed by atoms with Crippen LogP contribution in [-0.4, -0.2) is 19.4 Å². The summed E-state index contributed by atoms with van der Waals surface area (Å²) in [6.45, 7) is 0. The van der Waals surface area contributed by atoms with Gasteiger partial charge in [-0.05, 0) is 6.08 Å². The first-order valence-corrected chi connectivity index (χ1v) is 3.01. The molecule has 0 bridgehead atoms. The average Bonchev–Trinajstić information content (AvgIpc) is 2.05. The second-order valence-corrected chi connectivity index (χ2v) is 1.93. The number of allylic oxidation sites excluding steroid dienone is 2. The number of ether oxygens (including phenoxy) is 1. The molecule has 1 rings (SSSR count). The maximum atomic E-state index is 10.2. The lowest BCUT2D eigenvalue weighted by Crippen LogP contribution is -2.30. The fourth-order valence-corrected chi connectivity index (χ4v) is 0.729. The van der Waals surface area contributed by atoms with Gasteiger partial charge in [0.2, 0.25) is 0 Å². The molecule has 1 heterocycles. The fraction of sp³-hybridized carbons (Fsp3) is 0.286. The summed E-state index contributed by atoms with van der Waals surface area (Å²) in [5.74, 6) is 0.625. The van der Waals surface area contributed by atoms with Gasteiger partial charge in [-0.1, -0.05) is 12.2 Å². The van der Waals surface area contributed by atoms with Crippen LogP contribution >= 0.6 is 0 Å². The summed E-state index contributed by atoms with van der Waals surface area (Å²) in [5, 5.41) is 2.84. The van der Waals surface area contributed by atoms with Crippen LogP contribution in [-0.2, 0) is 9.53 Å². The molecule has 0 fully saturated rings. The maximum absolute atomic E-state index is 10.2. The van der Waals surface area contributed by atoms with Crippen molar-refractivity contribution in [2.45, 2.75) is 6.04 Å². The van der Waals surface area contributed by atoms with Gasteiger partial charge in [-0.15, -0.1) is 0 Å². The molecule has 3 nitrogen and oxygen atoms in total. The SMILES string of the molecule is COC1=CC=CC(C=O)N1. The van der Waals surface area contributed by atoms with Crippen molar-refractivity contribution in [2.75, 3.05) is 7.11 Å². The van der Waals surface area contributed by atoms with Crippen LogP contribution in [0.25, 0.3) is 0 Å². The quantitative estimate of drug-likeness (QED) is 0.555. The van der Waals surface area contributed by atoms with Crippen molar-refractivity contribution >= 4 is 6.29 Å². The number of hydrogen-bond acceptors (Lipinski definition) is 3. The molecule has 1 aliphatic rings. The number of carbonyl (C=O) groups is 1. The molecule has 0 saturated heterocycles. The molecule has 1 N–H and O–H groups in total. The van der Waals surface area contributed by atoms with Gasteiger partial charge in [0.1, 0.15) is 12.3 Å². The van der Waals surface area contributed by atoms with E-state index in [0.29, 0.717) is 5.88 Å². The zero-order chi connectivity index (χ0) is 7.40. The van der Waals surface area contributed by atoms with Crippen molar-refractivity contribution in [3.05, 3.63) is 24.1 Å². The normalized spacial score (nSPS) is 22.9. The molecule has 10 heavy (non-hydrogen) atoms. The van der Waals surface area contributed by atoms with Crippen LogP contribution < -0.4 is 5.32 Å². The van der Waals surface area contributed by atoms with Crippen LogP contribution in [0.15, 0.2) is 24.1 Å². The molecule has 54 valence electrons. The minimum atomic E-state index is -0.236. The summed E-state index contributed by atoms with van der Waals surface area (Å²) in [4.78, 5) is 10.2. The Morgan fingerprint density at radius 3 is 3.20 bits per heavy atom. The molecule has 1 atom stereocenters. The van der Waals surface area contributed by atoms with E-state index in [2.05, 4.69) is 5.32 Å². The largest absolute Gasteiger partial charge is 0.483 e. The summed E-state index contributed by atoms with van der Waals surface area (Å²) >= 11 is 0. The first-order valence-electron chi connectivity index (χ1n) is 3.01. The van der Waals surface area contributed by atoms with Gasteiger partial charge < -0.3 is 14.8 Å². The van der Waals surface area contributed by atoms with Crippen molar-refractivity contribution in [3.8, 4) is 0 Å². The Balaban J connectivity index is 2.58. The van der Waals surface area contributed by atoms with E-state index >= 15 is 0 Å². The van der Waals surface area contributed by atoms with E-state index in [9.17, 15) is 4.79 Å². The minimum absolute atomic E-state index is 0.236. The Kier molecular flexibility index (Phi) is 2.10. The van der Waals surface area contributed by atoms with Crippen LogP contribution in [0, 0.1) is 0 Å². The molecule has 0 spiro atoms. The van der Waals surface area contributed by atoms with Gasteiger partial charge in [0.25, 0.3) is 0 Å². The highest BCUT2D eigenvalue weighted by Gasteiger charge is 2.06. The summed E-state index contributed by atoms with van der Waals surface area (Å²) < 4.78 is 4.86. The molecular weight excluding hydrogens is 130 g/mol. The minimum Gasteiger partial charge on any atom is -0.483 e. The smallest absolute Gasteiger partial charge is 0.187 e. The van der Waals surface area contributed by atoms with Crippen LogP contribution in [0.2, 0.25) is 0 Å². The predicted molar refractivity (Wildman–Crippen MR) is 37.2 cm³/mol. The Hall–Kier alpha value is -1.25. The first-order chi connectivity index (χ1) is 4.86. The van der Waals surface area contributed by atoms with Crippen molar-refractivity contribution in [3.63, 3.8) is 0 Å². The monoisotopic (exact) mass is 139 g/mol. The van der Waals surface area contributed by atoms with Crippen LogP contribution in [0.3, 0.4) is 0 Å². The van der Waals surface area contributed by atoms with Crippen molar-refractivity contribution in [2.24, 2.45) is 0 Å². The van der Waals surface area contributed by atoms with Gasteiger partial charge in [0.05, 0.1) is 7.11 Å². The summed E-state index contributed by atoms with van der Waals surface area (Å²) in [6, 6.07) is -0.236. The molecule has 0 amide bonds. The predicted octanol–water partition coefficient (Wildman–Crippen LogP) is 0.201. The molecule has 0 aliphatic carbocycles. The molecule has 1 unspecified atom stereocenters. The van der Waals surface area contributed by atoms with E-state index in [1.165, 1.54) is 0 Å². The highest BCUT2D eigenvalue weighted by atomic mass is 16.5. The average molecular weight is 139 g/mol. The van der Waals surface area contributed by atoms with Crippen LogP contribution in [0.4, 0.5) is 0 Å². The van der Waals surface area contributed by atoms with Gasteiger partial charge in [0, 0.05) is 0 Å². The summed E-state index contributed by atoms with van der Waals surface area (Å²) in [6.07, 6.45) is 6.13. The number of carbonyl (C=O) groups excluding carboxylic acids is 1. The topological polar surface area (TPSA) is 38.3 Å². The third-order valence-electron chi connectivity index (χ3n) is 1.24. The zero-order valence-electron chi connectivity index (χ0n) is 5.70. The molecule has 0 aromatic carbocycles. The van der Waals surface area contributed by atoms with Gasteiger partial charge >= 0.3 is 0 Å². The third kappa shape index (κ3) is 1.37. The highest BCUT2D eigenvalue weighted by molar-refractivity contribution is 5.62. The number of hydrogen-bond donors (Lipinski definition) is 1. The number of methoxy groups -OCH3 is 1. The van der Waals surface area contributed by atoms with Gasteiger partial charge in [-0.3, -0.25) is 0 Å². The lowest BCUT2D eigenvalue weighted by molar-refractivity contribution is -0.108. The van der Waals surface area contributed by atoms with Crippen molar-refractivity contribution in [1.82, 2.24) is 5.32 Å². The standard InChI is InChI=1S/C7H9NO2/c1-10-7-4-2-3-6(5-9)8-7/h2-6,8H,1H3. The van der Waals surface area contributed by atoms with Crippen LogP contribution in [0.1, 0.15) is 0 Å². The Morgan fingerprint density at radius 2 is 2.60 bits per heavy atom. The third-order valence-corrected chi connectivity index (χ3v) is 1.24. The van der Waals surface area contributed by atoms with Crippen LogP contribution in [0.5, 0.6) is 0 Å². The fourth-order valence-electron chi connectivity index (χ4n) is 0.729. The second kappa shape index (κ2) is 3.06. The van der Waals surface area contributed by atoms with E-state index in [1.807, 2.05) is 0 Å². The summed E-state index contributed by atoms with van der Waals surface area (Å²) in [7, 11) is 1.56. The molecule has 0 radical (unpaired) electrons. The van der Waals surface area contributed by atoms with E-state index in [4.69, 9.17) is 4.74 Å². The molecule has 3 heteroatoms. The van der Waals surface area contributed by atoms with Gasteiger partial charge in [-0.25, -0.2) is 0 Å². The van der Waals surface area contributed by atoms with Crippen molar-refractivity contribution in [1.29, 1.82) is 0 Å². The molecular formula is C7H9NO2. The zero-order valence-corrected chi connectivity index (χ0v) is 5.70. The number of dihydropyridines is 1. The highest BCUT2D eigenvalue weighted by Crippen LogP contribution is 1.99. The van der Waals surface area contributed by atoms with Gasteiger partial charge in [-0.2, -0.15) is 0 Å². The van der Waals surface area contributed by atoms with E-state index in [1.54, 1.807) is 25.3 Å². The van der Waals surface area contributed by atoms with E-state index < -0.39 is 0 Å². The number of rotatable bonds is 2. The Labute approximate surface area is 59.4 Å². The molecule has 0 aromatic rings. The lowest BCUT2D eigenvalue weighted by Gasteiger charge is -2.14. The summed E-state index contributed by atoms with van der Waals surface area (Å²) in [5.41, 5.74) is 0. The lowest BCUT2D eigenvalue weighted by atomic mass is 10.2. The van der Waals surface area contributed by atoms with Crippen molar-refractivity contribution < 1.29 is 9.53 Å². The number of aldehydes is 1. The molecule has 0 aromatic heterocycles. The second-order valence-electron chi connectivity index (χ2n) is 1.93. The maximum Gasteiger partial charge on any atom is 0.187 e. The molecule has 1 aliphatic heterocycles.